The van der Waals surface area contributed by atoms with E-state index < -0.39 is 0 Å². The van der Waals surface area contributed by atoms with Crippen LogP contribution in [0.4, 0.5) is 11.5 Å². The maximum Gasteiger partial charge on any atom is 0.227 e. The molecule has 2 aliphatic rings. The number of amides is 1. The van der Waals surface area contributed by atoms with E-state index in [1.54, 1.807) is 11.8 Å². The maximum absolute atomic E-state index is 12.7. The molecule has 1 aromatic heterocycles. The summed E-state index contributed by atoms with van der Waals surface area (Å²) >= 11 is 1.56. The molecule has 0 bridgehead atoms. The summed E-state index contributed by atoms with van der Waals surface area (Å²) in [7, 11) is 0. The van der Waals surface area contributed by atoms with Crippen LogP contribution in [0.2, 0.25) is 0 Å². The molecule has 0 unspecified atom stereocenters. The zero-order valence-corrected chi connectivity index (χ0v) is 16.4. The molecule has 2 heterocycles. The summed E-state index contributed by atoms with van der Waals surface area (Å²) in [6.45, 7) is 0.783. The largest absolute Gasteiger partial charge is 0.367 e. The number of aromatic nitrogens is 2. The molecule has 0 saturated heterocycles. The number of carbonyl (C=O) groups is 1. The van der Waals surface area contributed by atoms with Gasteiger partial charge in [-0.3, -0.25) is 4.79 Å². The van der Waals surface area contributed by atoms with E-state index in [-0.39, 0.29) is 5.91 Å². The van der Waals surface area contributed by atoms with Crippen LogP contribution in [0.1, 0.15) is 24.8 Å². The van der Waals surface area contributed by atoms with Crippen LogP contribution in [0.3, 0.4) is 0 Å². The van der Waals surface area contributed by atoms with Crippen molar-refractivity contribution in [3.63, 3.8) is 0 Å². The van der Waals surface area contributed by atoms with Crippen LogP contribution in [-0.4, -0.2) is 34.2 Å². The van der Waals surface area contributed by atoms with Crippen LogP contribution in [0.15, 0.2) is 53.7 Å². The fraction of sp³-hybridized carbons (Fsp3) is 0.318. The summed E-state index contributed by atoms with van der Waals surface area (Å²) in [6.07, 6.45) is 3.83. The molecule has 1 aliphatic carbocycles. The highest BCUT2D eigenvalue weighted by Crippen LogP contribution is 2.31. The van der Waals surface area contributed by atoms with Crippen LogP contribution >= 0.6 is 11.8 Å². The van der Waals surface area contributed by atoms with Gasteiger partial charge in [-0.05, 0) is 43.0 Å². The monoisotopic (exact) mass is 390 g/mol. The average molecular weight is 391 g/mol. The predicted octanol–water partition coefficient (Wildman–Crippen LogP) is 4.28. The highest BCUT2D eigenvalue weighted by atomic mass is 32.2. The molecule has 5 nitrogen and oxygen atoms in total. The van der Waals surface area contributed by atoms with Crippen molar-refractivity contribution in [3.8, 4) is 0 Å². The summed E-state index contributed by atoms with van der Waals surface area (Å²) in [5.41, 5.74) is 3.27. The molecule has 6 heteroatoms. The molecule has 1 aliphatic heterocycles. The number of nitrogens with zero attached hydrogens (tertiary/aromatic N) is 3. The quantitative estimate of drug-likeness (QED) is 0.503. The number of carbonyl (C=O) groups excluding carboxylic acids is 1. The lowest BCUT2D eigenvalue weighted by atomic mass is 10.2. The minimum atomic E-state index is 0.176. The molecule has 0 spiro atoms. The maximum atomic E-state index is 12.7. The van der Waals surface area contributed by atoms with Crippen molar-refractivity contribution < 1.29 is 4.79 Å². The zero-order chi connectivity index (χ0) is 18.9. The van der Waals surface area contributed by atoms with E-state index in [4.69, 9.17) is 4.98 Å². The third kappa shape index (κ3) is 3.56. The van der Waals surface area contributed by atoms with Crippen molar-refractivity contribution in [2.75, 3.05) is 22.5 Å². The van der Waals surface area contributed by atoms with Crippen LogP contribution in [-0.2, 0) is 11.2 Å². The standard InChI is InChI=1S/C22H22N4OS/c27-20(26-13-11-15-5-1-4-8-19(15)26)12-14-28-22-24-18-7-3-2-6-17(18)21(25-22)23-16-9-10-16/h1-8,16H,9-14H2,(H,23,24,25). The topological polar surface area (TPSA) is 58.1 Å². The van der Waals surface area contributed by atoms with Gasteiger partial charge in [0.15, 0.2) is 5.16 Å². The molecular weight excluding hydrogens is 368 g/mol. The third-order valence-corrected chi connectivity index (χ3v) is 6.09. The van der Waals surface area contributed by atoms with E-state index in [1.807, 2.05) is 41.3 Å². The summed E-state index contributed by atoms with van der Waals surface area (Å²) in [5, 5.41) is 5.31. The summed E-state index contributed by atoms with van der Waals surface area (Å²) in [4.78, 5) is 24.0. The molecule has 28 heavy (non-hydrogen) atoms. The van der Waals surface area contributed by atoms with Crippen molar-refractivity contribution in [3.05, 3.63) is 54.1 Å². The Morgan fingerprint density at radius 3 is 2.82 bits per heavy atom. The number of rotatable bonds is 6. The lowest BCUT2D eigenvalue weighted by Gasteiger charge is -2.17. The van der Waals surface area contributed by atoms with Gasteiger partial charge in [0.05, 0.1) is 5.52 Å². The zero-order valence-electron chi connectivity index (χ0n) is 15.6. The molecular formula is C22H22N4OS. The minimum absolute atomic E-state index is 0.176. The first kappa shape index (κ1) is 17.5. The van der Waals surface area contributed by atoms with E-state index in [9.17, 15) is 4.79 Å². The highest BCUT2D eigenvalue weighted by Gasteiger charge is 2.24. The molecule has 1 N–H and O–H groups in total. The summed E-state index contributed by atoms with van der Waals surface area (Å²) in [6, 6.07) is 16.8. The second kappa shape index (κ2) is 7.43. The van der Waals surface area contributed by atoms with Crippen molar-refractivity contribution in [1.29, 1.82) is 0 Å². The van der Waals surface area contributed by atoms with Gasteiger partial charge >= 0.3 is 0 Å². The highest BCUT2D eigenvalue weighted by molar-refractivity contribution is 7.99. The van der Waals surface area contributed by atoms with Crippen molar-refractivity contribution >= 4 is 40.1 Å². The first-order valence-electron chi connectivity index (χ1n) is 9.82. The number of nitrogens with one attached hydrogen (secondary N) is 1. The van der Waals surface area contributed by atoms with Gasteiger partial charge in [-0.2, -0.15) is 0 Å². The average Bonchev–Trinajstić information content (AvgIpc) is 3.43. The molecule has 0 radical (unpaired) electrons. The lowest BCUT2D eigenvalue weighted by molar-refractivity contribution is -0.118. The molecule has 2 aromatic carbocycles. The van der Waals surface area contributed by atoms with Crippen molar-refractivity contribution in [2.24, 2.45) is 0 Å². The van der Waals surface area contributed by atoms with E-state index in [2.05, 4.69) is 22.4 Å². The Labute approximate surface area is 168 Å². The Hall–Kier alpha value is -2.60. The number of fused-ring (bicyclic) bond motifs is 2. The number of hydrogen-bond acceptors (Lipinski definition) is 5. The number of anilines is 2. The minimum Gasteiger partial charge on any atom is -0.367 e. The summed E-state index contributed by atoms with van der Waals surface area (Å²) < 4.78 is 0. The normalized spacial score (nSPS) is 15.6. The van der Waals surface area contributed by atoms with Gasteiger partial charge in [0.2, 0.25) is 5.91 Å². The van der Waals surface area contributed by atoms with E-state index in [1.165, 1.54) is 18.4 Å². The van der Waals surface area contributed by atoms with Crippen molar-refractivity contribution in [1.82, 2.24) is 9.97 Å². The van der Waals surface area contributed by atoms with E-state index >= 15 is 0 Å². The number of hydrogen-bond donors (Lipinski definition) is 1. The fourth-order valence-corrected chi connectivity index (χ4v) is 4.39. The fourth-order valence-electron chi connectivity index (χ4n) is 3.61. The molecule has 0 atom stereocenters. The second-order valence-corrected chi connectivity index (χ2v) is 8.38. The number of thioether (sulfide) groups is 1. The molecule has 1 amide bonds. The second-order valence-electron chi connectivity index (χ2n) is 7.31. The Kier molecular flexibility index (Phi) is 4.64. The van der Waals surface area contributed by atoms with Gasteiger partial charge in [-0.1, -0.05) is 42.1 Å². The smallest absolute Gasteiger partial charge is 0.227 e. The Morgan fingerprint density at radius 1 is 1.11 bits per heavy atom. The van der Waals surface area contributed by atoms with Crippen LogP contribution < -0.4 is 10.2 Å². The number of benzene rings is 2. The van der Waals surface area contributed by atoms with Gasteiger partial charge in [0.25, 0.3) is 0 Å². The van der Waals surface area contributed by atoms with Gasteiger partial charge in [-0.25, -0.2) is 9.97 Å². The molecule has 142 valence electrons. The van der Waals surface area contributed by atoms with Crippen LogP contribution in [0, 0.1) is 0 Å². The van der Waals surface area contributed by atoms with E-state index in [0.717, 1.165) is 40.5 Å². The number of para-hydroxylation sites is 2. The Bertz CT molecular complexity index is 1030. The summed E-state index contributed by atoms with van der Waals surface area (Å²) in [5.74, 6) is 1.77. The van der Waals surface area contributed by atoms with Crippen molar-refractivity contribution in [2.45, 2.75) is 36.9 Å². The van der Waals surface area contributed by atoms with Gasteiger partial charge in [0.1, 0.15) is 5.82 Å². The molecule has 1 saturated carbocycles. The lowest BCUT2D eigenvalue weighted by Crippen LogP contribution is -2.29. The van der Waals surface area contributed by atoms with E-state index in [0.29, 0.717) is 18.2 Å². The third-order valence-electron chi connectivity index (χ3n) is 5.24. The van der Waals surface area contributed by atoms with Gasteiger partial charge in [0, 0.05) is 35.8 Å². The molecule has 1 fully saturated rings. The predicted molar refractivity (Wildman–Crippen MR) is 114 cm³/mol. The van der Waals surface area contributed by atoms with Crippen LogP contribution in [0.5, 0.6) is 0 Å². The first-order valence-corrected chi connectivity index (χ1v) is 10.8. The molecule has 5 rings (SSSR count). The Balaban J connectivity index is 1.27. The SMILES string of the molecule is O=C(CCSc1nc(NC2CC2)c2ccccc2n1)N1CCc2ccccc21. The van der Waals surface area contributed by atoms with Gasteiger partial charge in [-0.15, -0.1) is 0 Å². The Morgan fingerprint density at radius 2 is 1.93 bits per heavy atom. The van der Waals surface area contributed by atoms with Gasteiger partial charge < -0.3 is 10.2 Å². The molecule has 3 aromatic rings. The van der Waals surface area contributed by atoms with Crippen LogP contribution in [0.25, 0.3) is 10.9 Å². The first-order chi connectivity index (χ1) is 13.8.